The van der Waals surface area contributed by atoms with Crippen molar-refractivity contribution in [1.82, 2.24) is 5.32 Å². The molecule has 3 unspecified atom stereocenters. The van der Waals surface area contributed by atoms with Crippen molar-refractivity contribution in [3.8, 4) is 5.75 Å². The maximum absolute atomic E-state index is 6.00. The Morgan fingerprint density at radius 1 is 1.32 bits per heavy atom. The second kappa shape index (κ2) is 7.24. The number of benzene rings is 1. The van der Waals surface area contributed by atoms with Crippen LogP contribution in [0.2, 0.25) is 0 Å². The number of rotatable bonds is 7. The van der Waals surface area contributed by atoms with Crippen LogP contribution in [0.1, 0.15) is 6.42 Å². The van der Waals surface area contributed by atoms with Gasteiger partial charge in [-0.05, 0) is 35.1 Å². The van der Waals surface area contributed by atoms with Gasteiger partial charge in [0.25, 0.3) is 0 Å². The number of para-hydroxylation sites is 1. The van der Waals surface area contributed by atoms with Crippen molar-refractivity contribution >= 4 is 15.9 Å². The number of nitrogens with one attached hydrogen (secondary N) is 1. The van der Waals surface area contributed by atoms with Crippen LogP contribution in [0.25, 0.3) is 0 Å². The minimum absolute atomic E-state index is 0.0762. The number of hydrogen-bond donors (Lipinski definition) is 1. The molecule has 106 valence electrons. The van der Waals surface area contributed by atoms with Gasteiger partial charge < -0.3 is 19.5 Å². The normalized spacial score (nSPS) is 25.9. The van der Waals surface area contributed by atoms with E-state index in [0.29, 0.717) is 19.3 Å². The van der Waals surface area contributed by atoms with Crippen molar-refractivity contribution in [3.05, 3.63) is 28.7 Å². The second-order valence-corrected chi connectivity index (χ2v) is 5.40. The van der Waals surface area contributed by atoms with E-state index in [0.717, 1.165) is 16.6 Å². The molecule has 19 heavy (non-hydrogen) atoms. The van der Waals surface area contributed by atoms with Crippen LogP contribution in [0.3, 0.4) is 0 Å². The first-order chi connectivity index (χ1) is 9.26. The Hall–Kier alpha value is -0.620. The van der Waals surface area contributed by atoms with Crippen LogP contribution in [0.4, 0.5) is 0 Å². The smallest absolute Gasteiger partial charge is 0.134 e. The molecule has 0 heterocycles. The van der Waals surface area contributed by atoms with E-state index >= 15 is 0 Å². The van der Waals surface area contributed by atoms with Crippen LogP contribution in [0, 0.1) is 0 Å². The van der Waals surface area contributed by atoms with E-state index in [1.807, 2.05) is 31.3 Å². The first-order valence-corrected chi connectivity index (χ1v) is 7.24. The fourth-order valence-corrected chi connectivity index (χ4v) is 2.55. The van der Waals surface area contributed by atoms with Gasteiger partial charge in [-0.25, -0.2) is 0 Å². The van der Waals surface area contributed by atoms with Crippen LogP contribution in [-0.4, -0.2) is 45.6 Å². The van der Waals surface area contributed by atoms with Gasteiger partial charge in [-0.2, -0.15) is 0 Å². The Morgan fingerprint density at radius 2 is 2.11 bits per heavy atom. The molecule has 1 aliphatic rings. The number of hydrogen-bond acceptors (Lipinski definition) is 4. The highest BCUT2D eigenvalue weighted by molar-refractivity contribution is 9.10. The highest BCUT2D eigenvalue weighted by Crippen LogP contribution is 2.32. The van der Waals surface area contributed by atoms with Gasteiger partial charge in [-0.3, -0.25) is 0 Å². The third kappa shape index (κ3) is 3.69. The summed E-state index contributed by atoms with van der Waals surface area (Å²) in [4.78, 5) is 0. The fourth-order valence-electron chi connectivity index (χ4n) is 2.17. The average molecular weight is 330 g/mol. The molecule has 0 radical (unpaired) electrons. The summed E-state index contributed by atoms with van der Waals surface area (Å²) in [6.45, 7) is 1.20. The van der Waals surface area contributed by atoms with E-state index in [1.54, 1.807) is 7.11 Å². The Balaban J connectivity index is 1.91. The molecule has 1 aliphatic carbocycles. The molecular formula is C14H20BrNO3. The van der Waals surface area contributed by atoms with E-state index < -0.39 is 0 Å². The SMILES string of the molecule is CNC1CC(Oc2ccccc2Br)C1OCCOC. The molecule has 0 bridgehead atoms. The van der Waals surface area contributed by atoms with E-state index in [4.69, 9.17) is 14.2 Å². The Bertz CT molecular complexity index is 402. The molecule has 0 aromatic heterocycles. The topological polar surface area (TPSA) is 39.7 Å². The number of halogens is 1. The molecule has 5 heteroatoms. The summed E-state index contributed by atoms with van der Waals surface area (Å²) in [5.41, 5.74) is 0. The lowest BCUT2D eigenvalue weighted by molar-refractivity contribution is -0.114. The van der Waals surface area contributed by atoms with Gasteiger partial charge in [0.2, 0.25) is 0 Å². The van der Waals surface area contributed by atoms with Gasteiger partial charge in [0.1, 0.15) is 18.0 Å². The molecule has 4 nitrogen and oxygen atoms in total. The zero-order valence-corrected chi connectivity index (χ0v) is 12.9. The molecule has 0 saturated heterocycles. The van der Waals surface area contributed by atoms with Crippen molar-refractivity contribution in [2.24, 2.45) is 0 Å². The van der Waals surface area contributed by atoms with Gasteiger partial charge in [0, 0.05) is 19.6 Å². The third-order valence-corrected chi connectivity index (χ3v) is 3.99. The van der Waals surface area contributed by atoms with Crippen molar-refractivity contribution in [1.29, 1.82) is 0 Å². The first-order valence-electron chi connectivity index (χ1n) is 6.45. The molecular weight excluding hydrogens is 310 g/mol. The standard InChI is InChI=1S/C14H20BrNO3/c1-16-11-9-13(14(11)18-8-7-17-2)19-12-6-4-3-5-10(12)15/h3-6,11,13-14,16H,7-9H2,1-2H3. The number of likely N-dealkylation sites (N-methyl/N-ethyl adjacent to an activating group) is 1. The summed E-state index contributed by atoms with van der Waals surface area (Å²) in [5, 5.41) is 3.25. The van der Waals surface area contributed by atoms with Gasteiger partial charge in [0.05, 0.1) is 17.7 Å². The zero-order valence-electron chi connectivity index (χ0n) is 11.3. The minimum atomic E-state index is 0.0762. The van der Waals surface area contributed by atoms with Crippen molar-refractivity contribution in [2.75, 3.05) is 27.4 Å². The fraction of sp³-hybridized carbons (Fsp3) is 0.571. The molecule has 1 aromatic rings. The van der Waals surface area contributed by atoms with E-state index in [2.05, 4.69) is 21.2 Å². The van der Waals surface area contributed by atoms with E-state index in [1.165, 1.54) is 0 Å². The summed E-state index contributed by atoms with van der Waals surface area (Å²) in [6, 6.07) is 8.23. The maximum atomic E-state index is 6.00. The summed E-state index contributed by atoms with van der Waals surface area (Å²) in [6.07, 6.45) is 1.12. The highest BCUT2D eigenvalue weighted by Gasteiger charge is 2.43. The van der Waals surface area contributed by atoms with Gasteiger partial charge in [-0.15, -0.1) is 0 Å². The van der Waals surface area contributed by atoms with Crippen LogP contribution >= 0.6 is 15.9 Å². The molecule has 1 fully saturated rings. The van der Waals surface area contributed by atoms with Crippen LogP contribution in [0.5, 0.6) is 5.75 Å². The monoisotopic (exact) mass is 329 g/mol. The van der Waals surface area contributed by atoms with Crippen LogP contribution < -0.4 is 10.1 Å². The maximum Gasteiger partial charge on any atom is 0.134 e. The molecule has 0 spiro atoms. The third-order valence-electron chi connectivity index (χ3n) is 3.33. The Kier molecular flexibility index (Phi) is 5.63. The number of methoxy groups -OCH3 is 1. The average Bonchev–Trinajstić information content (AvgIpc) is 2.41. The van der Waals surface area contributed by atoms with Gasteiger partial charge in [0.15, 0.2) is 0 Å². The Morgan fingerprint density at radius 3 is 2.79 bits per heavy atom. The quantitative estimate of drug-likeness (QED) is 0.779. The van der Waals surface area contributed by atoms with E-state index in [-0.39, 0.29) is 12.2 Å². The number of ether oxygens (including phenoxy) is 3. The summed E-state index contributed by atoms with van der Waals surface area (Å²) in [7, 11) is 3.63. The molecule has 0 aliphatic heterocycles. The van der Waals surface area contributed by atoms with Crippen molar-refractivity contribution in [3.63, 3.8) is 0 Å². The summed E-state index contributed by atoms with van der Waals surface area (Å²) in [5.74, 6) is 0.863. The lowest BCUT2D eigenvalue weighted by Gasteiger charge is -2.43. The first kappa shape index (κ1) is 14.8. The van der Waals surface area contributed by atoms with E-state index in [9.17, 15) is 0 Å². The predicted molar refractivity (Wildman–Crippen MR) is 77.6 cm³/mol. The molecule has 1 aromatic carbocycles. The largest absolute Gasteiger partial charge is 0.486 e. The highest BCUT2D eigenvalue weighted by atomic mass is 79.9. The lowest BCUT2D eigenvalue weighted by atomic mass is 9.85. The Labute approximate surface area is 122 Å². The molecule has 2 rings (SSSR count). The summed E-state index contributed by atoms with van der Waals surface area (Å²) >= 11 is 3.49. The second-order valence-electron chi connectivity index (χ2n) is 4.55. The minimum Gasteiger partial charge on any atom is -0.486 e. The zero-order chi connectivity index (χ0) is 13.7. The lowest BCUT2D eigenvalue weighted by Crippen LogP contribution is -2.60. The molecule has 1 N–H and O–H groups in total. The van der Waals surface area contributed by atoms with Crippen LogP contribution in [0.15, 0.2) is 28.7 Å². The molecule has 3 atom stereocenters. The van der Waals surface area contributed by atoms with Crippen molar-refractivity contribution in [2.45, 2.75) is 24.7 Å². The molecule has 0 amide bonds. The summed E-state index contributed by atoms with van der Waals surface area (Å²) < 4.78 is 17.8. The van der Waals surface area contributed by atoms with Gasteiger partial charge in [-0.1, -0.05) is 12.1 Å². The van der Waals surface area contributed by atoms with Crippen molar-refractivity contribution < 1.29 is 14.2 Å². The molecule has 1 saturated carbocycles. The van der Waals surface area contributed by atoms with Crippen LogP contribution in [-0.2, 0) is 9.47 Å². The van der Waals surface area contributed by atoms with Gasteiger partial charge >= 0.3 is 0 Å². The predicted octanol–water partition coefficient (Wildman–Crippen LogP) is 2.22.